The maximum Gasteiger partial charge on any atom is 0.415 e. The Morgan fingerprint density at radius 3 is 2.50 bits per heavy atom. The summed E-state index contributed by atoms with van der Waals surface area (Å²) in [5.41, 5.74) is -5.51. The lowest BCUT2D eigenvalue weighted by Crippen LogP contribution is -2.67. The molecule has 10 heteroatoms. The lowest BCUT2D eigenvalue weighted by molar-refractivity contribution is -0.248. The van der Waals surface area contributed by atoms with E-state index in [1.807, 2.05) is 0 Å². The third-order valence-corrected chi connectivity index (χ3v) is 5.66. The maximum absolute atomic E-state index is 16.0. The molecule has 0 radical (unpaired) electrons. The molecule has 2 heterocycles. The van der Waals surface area contributed by atoms with E-state index >= 15 is 8.78 Å². The highest BCUT2D eigenvalue weighted by atomic mass is 79.9. The molecule has 30 heavy (non-hydrogen) atoms. The Morgan fingerprint density at radius 1 is 1.27 bits per heavy atom. The van der Waals surface area contributed by atoms with Gasteiger partial charge in [-0.1, -0.05) is 15.9 Å². The lowest BCUT2D eigenvalue weighted by atomic mass is 9.72. The van der Waals surface area contributed by atoms with Crippen molar-refractivity contribution in [1.82, 2.24) is 5.32 Å². The van der Waals surface area contributed by atoms with Crippen molar-refractivity contribution in [1.29, 1.82) is 0 Å². The first-order valence-corrected chi connectivity index (χ1v) is 10.3. The van der Waals surface area contributed by atoms with Gasteiger partial charge < -0.3 is 14.2 Å². The summed E-state index contributed by atoms with van der Waals surface area (Å²) in [6.45, 7) is 6.18. The maximum atomic E-state index is 16.0. The summed E-state index contributed by atoms with van der Waals surface area (Å²) in [4.78, 5) is 16.2. The van der Waals surface area contributed by atoms with E-state index in [9.17, 15) is 9.18 Å². The van der Waals surface area contributed by atoms with Crippen molar-refractivity contribution in [3.63, 3.8) is 0 Å². The van der Waals surface area contributed by atoms with Crippen LogP contribution in [0.4, 0.5) is 18.0 Å². The number of carbonyl (C=O) groups is 1. The third kappa shape index (κ3) is 4.03. The fraction of sp³-hybridized carbons (Fsp3) is 0.600. The second-order valence-corrected chi connectivity index (χ2v) is 9.44. The molecule has 1 spiro atoms. The molecule has 0 saturated carbocycles. The summed E-state index contributed by atoms with van der Waals surface area (Å²) in [6, 6.07) is 3.31. The van der Waals surface area contributed by atoms with Gasteiger partial charge in [-0.15, -0.1) is 0 Å². The number of hydrogen-bond acceptors (Lipinski definition) is 5. The summed E-state index contributed by atoms with van der Waals surface area (Å²) in [5.74, 6) is -4.45. The standard InChI is InChI=1S/C20H24BrF3N2O4/c1-17(2,3)30-16(27)25-15-26-18(4,13-11-12(21)5-6-14(13)22)20(23,24)19(29-15)7-9-28-10-8-19/h5-6,11H,7-10H2,1-4H3,(H,25,26,27). The van der Waals surface area contributed by atoms with Crippen molar-refractivity contribution in [3.05, 3.63) is 34.1 Å². The summed E-state index contributed by atoms with van der Waals surface area (Å²) in [7, 11) is 0. The SMILES string of the molecule is CC(C)(C)OC(=O)NC1=NC(C)(c2cc(Br)ccc2F)C(F)(F)C2(CCOCC2)O1. The Bertz CT molecular complexity index is 866. The van der Waals surface area contributed by atoms with Crippen molar-refractivity contribution in [2.75, 3.05) is 13.2 Å². The molecule has 166 valence electrons. The quantitative estimate of drug-likeness (QED) is 0.605. The number of alkyl carbamates (subject to hydrolysis) is 1. The Labute approximate surface area is 181 Å². The number of benzene rings is 1. The number of hydrogen-bond donors (Lipinski definition) is 1. The minimum absolute atomic E-state index is 0.0341. The molecule has 0 aromatic heterocycles. The van der Waals surface area contributed by atoms with Crippen LogP contribution in [0.5, 0.6) is 0 Å². The predicted molar refractivity (Wildman–Crippen MR) is 107 cm³/mol. The number of nitrogens with zero attached hydrogens (tertiary/aromatic N) is 1. The van der Waals surface area contributed by atoms with Crippen LogP contribution in [0.15, 0.2) is 27.7 Å². The second-order valence-electron chi connectivity index (χ2n) is 8.52. The van der Waals surface area contributed by atoms with E-state index < -0.39 is 40.6 Å². The normalized spacial score (nSPS) is 25.3. The molecule has 1 atom stereocenters. The molecule has 3 rings (SSSR count). The highest BCUT2D eigenvalue weighted by molar-refractivity contribution is 9.10. The molecule has 1 fully saturated rings. The number of carbonyl (C=O) groups excluding carboxylic acids is 1. The summed E-state index contributed by atoms with van der Waals surface area (Å²) in [6.07, 6.45) is -1.22. The van der Waals surface area contributed by atoms with Gasteiger partial charge in [0.15, 0.2) is 11.1 Å². The van der Waals surface area contributed by atoms with Gasteiger partial charge >= 0.3 is 12.0 Å². The Morgan fingerprint density at radius 2 is 1.90 bits per heavy atom. The van der Waals surface area contributed by atoms with Crippen LogP contribution in [-0.4, -0.2) is 42.5 Å². The number of halogens is 4. The van der Waals surface area contributed by atoms with Gasteiger partial charge in [0.25, 0.3) is 6.02 Å². The zero-order valence-corrected chi connectivity index (χ0v) is 18.7. The summed E-state index contributed by atoms with van der Waals surface area (Å²) < 4.78 is 63.0. The van der Waals surface area contributed by atoms with E-state index in [0.717, 1.165) is 13.0 Å². The fourth-order valence-electron chi connectivity index (χ4n) is 3.65. The largest absolute Gasteiger partial charge is 0.452 e. The van der Waals surface area contributed by atoms with Crippen molar-refractivity contribution < 1.29 is 32.2 Å². The van der Waals surface area contributed by atoms with Crippen molar-refractivity contribution in [3.8, 4) is 0 Å². The molecular weight excluding hydrogens is 469 g/mol. The molecule has 1 unspecified atom stereocenters. The average Bonchev–Trinajstić information content (AvgIpc) is 2.61. The van der Waals surface area contributed by atoms with Crippen LogP contribution in [-0.2, 0) is 19.7 Å². The molecule has 0 aliphatic carbocycles. The molecule has 1 aromatic rings. The Hall–Kier alpha value is -1.81. The minimum atomic E-state index is -3.61. The predicted octanol–water partition coefficient (Wildman–Crippen LogP) is 4.90. The van der Waals surface area contributed by atoms with Crippen molar-refractivity contribution in [2.45, 2.75) is 63.2 Å². The zero-order valence-electron chi connectivity index (χ0n) is 17.2. The smallest absolute Gasteiger partial charge is 0.415 e. The monoisotopic (exact) mass is 492 g/mol. The van der Waals surface area contributed by atoms with E-state index in [2.05, 4.69) is 26.2 Å². The van der Waals surface area contributed by atoms with Gasteiger partial charge in [-0.2, -0.15) is 8.78 Å². The van der Waals surface area contributed by atoms with E-state index in [1.165, 1.54) is 12.1 Å². The number of ether oxygens (including phenoxy) is 3. The first kappa shape index (κ1) is 22.9. The Kier molecular flexibility index (Phi) is 5.87. The molecule has 1 saturated heterocycles. The molecule has 1 aromatic carbocycles. The highest BCUT2D eigenvalue weighted by Crippen LogP contribution is 2.55. The van der Waals surface area contributed by atoms with Crippen LogP contribution in [0.1, 0.15) is 46.1 Å². The van der Waals surface area contributed by atoms with Crippen LogP contribution >= 0.6 is 15.9 Å². The molecule has 0 bridgehead atoms. The van der Waals surface area contributed by atoms with E-state index in [0.29, 0.717) is 4.47 Å². The first-order valence-electron chi connectivity index (χ1n) is 9.50. The van der Waals surface area contributed by atoms with Crippen LogP contribution in [0.2, 0.25) is 0 Å². The zero-order chi connectivity index (χ0) is 22.4. The van der Waals surface area contributed by atoms with Gasteiger partial charge in [0.05, 0.1) is 13.2 Å². The fourth-order valence-corrected chi connectivity index (χ4v) is 4.01. The van der Waals surface area contributed by atoms with Crippen molar-refractivity contribution >= 4 is 28.0 Å². The van der Waals surface area contributed by atoms with Crippen LogP contribution in [0.25, 0.3) is 0 Å². The van der Waals surface area contributed by atoms with E-state index in [1.54, 1.807) is 20.8 Å². The number of nitrogens with one attached hydrogen (secondary N) is 1. The van der Waals surface area contributed by atoms with Crippen LogP contribution < -0.4 is 5.32 Å². The number of amidine groups is 1. The van der Waals surface area contributed by atoms with Gasteiger partial charge in [-0.25, -0.2) is 19.5 Å². The molecule has 2 aliphatic rings. The van der Waals surface area contributed by atoms with Gasteiger partial charge in [-0.05, 0) is 45.9 Å². The number of rotatable bonds is 1. The molecule has 1 N–H and O–H groups in total. The molecule has 1 amide bonds. The summed E-state index contributed by atoms with van der Waals surface area (Å²) >= 11 is 3.20. The van der Waals surface area contributed by atoms with E-state index in [-0.39, 0.29) is 31.6 Å². The van der Waals surface area contributed by atoms with Gasteiger partial charge in [0.1, 0.15) is 11.4 Å². The van der Waals surface area contributed by atoms with Crippen molar-refractivity contribution in [2.24, 2.45) is 4.99 Å². The van der Waals surface area contributed by atoms with Gasteiger partial charge in [-0.3, -0.25) is 0 Å². The number of alkyl halides is 2. The second kappa shape index (κ2) is 7.71. The highest BCUT2D eigenvalue weighted by Gasteiger charge is 2.70. The molecule has 6 nitrogen and oxygen atoms in total. The lowest BCUT2D eigenvalue weighted by Gasteiger charge is -2.51. The van der Waals surface area contributed by atoms with Crippen LogP contribution in [0, 0.1) is 5.82 Å². The van der Waals surface area contributed by atoms with Crippen LogP contribution in [0.3, 0.4) is 0 Å². The minimum Gasteiger partial charge on any atom is -0.452 e. The Balaban J connectivity index is 2.11. The first-order chi connectivity index (χ1) is 13.8. The average molecular weight is 493 g/mol. The third-order valence-electron chi connectivity index (χ3n) is 5.16. The molecular formula is C20H24BrF3N2O4. The van der Waals surface area contributed by atoms with Gasteiger partial charge in [0.2, 0.25) is 0 Å². The van der Waals surface area contributed by atoms with E-state index in [4.69, 9.17) is 14.2 Å². The molecule has 2 aliphatic heterocycles. The topological polar surface area (TPSA) is 69.2 Å². The summed E-state index contributed by atoms with van der Waals surface area (Å²) in [5, 5.41) is 2.30. The number of aliphatic imine (C=N–C) groups is 1. The number of amides is 1. The van der Waals surface area contributed by atoms with Gasteiger partial charge in [0, 0.05) is 22.9 Å².